The molecule has 4 N–H and O–H groups in total. The molecule has 0 aliphatic rings. The van der Waals surface area contributed by atoms with Gasteiger partial charge in [-0.2, -0.15) is 8.78 Å². The monoisotopic (exact) mass is 418 g/mol. The molecule has 0 fully saturated rings. The van der Waals surface area contributed by atoms with E-state index >= 15 is 0 Å². The Morgan fingerprint density at radius 3 is 2.56 bits per heavy atom. The summed E-state index contributed by atoms with van der Waals surface area (Å²) in [4.78, 5) is 4.80. The molecule has 0 aliphatic carbocycles. The highest BCUT2D eigenvalue weighted by molar-refractivity contribution is 7.91. The van der Waals surface area contributed by atoms with Crippen molar-refractivity contribution in [1.82, 2.24) is 10.6 Å². The fraction of sp³-hybridized carbons (Fsp3) is 0.312. The molecule has 0 radical (unpaired) electrons. The van der Waals surface area contributed by atoms with E-state index in [1.54, 1.807) is 25.2 Å². The number of ether oxygens (including phenoxy) is 1. The van der Waals surface area contributed by atoms with Crippen molar-refractivity contribution >= 4 is 27.3 Å². The van der Waals surface area contributed by atoms with Crippen molar-refractivity contribution in [3.63, 3.8) is 0 Å². The first-order chi connectivity index (χ1) is 12.7. The number of primary sulfonamides is 1. The number of rotatable bonds is 7. The smallest absolute Gasteiger partial charge is 0.387 e. The van der Waals surface area contributed by atoms with Gasteiger partial charge in [-0.1, -0.05) is 17.7 Å². The number of guanidine groups is 1. The minimum Gasteiger partial charge on any atom is -0.434 e. The zero-order chi connectivity index (χ0) is 20.0. The fourth-order valence-electron chi connectivity index (χ4n) is 2.23. The number of alkyl halides is 2. The van der Waals surface area contributed by atoms with E-state index in [2.05, 4.69) is 20.4 Å². The van der Waals surface area contributed by atoms with E-state index in [-0.39, 0.29) is 16.5 Å². The molecule has 0 bridgehead atoms. The maximum absolute atomic E-state index is 12.5. The van der Waals surface area contributed by atoms with Gasteiger partial charge in [-0.05, 0) is 25.1 Å². The number of hydrogen-bond acceptors (Lipinski definition) is 5. The molecule has 0 atom stereocenters. The van der Waals surface area contributed by atoms with Crippen molar-refractivity contribution < 1.29 is 21.9 Å². The van der Waals surface area contributed by atoms with Crippen molar-refractivity contribution in [2.45, 2.75) is 30.8 Å². The lowest BCUT2D eigenvalue weighted by molar-refractivity contribution is -0.0504. The van der Waals surface area contributed by atoms with E-state index in [4.69, 9.17) is 5.14 Å². The van der Waals surface area contributed by atoms with Crippen LogP contribution in [0.4, 0.5) is 8.78 Å². The SMILES string of the molecule is CN=C(NCc1ccc(S(N)(=O)=O)s1)NCc1cc(C)ccc1OC(F)F. The van der Waals surface area contributed by atoms with Crippen molar-refractivity contribution in [1.29, 1.82) is 0 Å². The van der Waals surface area contributed by atoms with Gasteiger partial charge in [-0.25, -0.2) is 13.6 Å². The molecule has 2 rings (SSSR count). The van der Waals surface area contributed by atoms with Crippen LogP contribution in [0.3, 0.4) is 0 Å². The van der Waals surface area contributed by atoms with Crippen LogP contribution < -0.4 is 20.5 Å². The summed E-state index contributed by atoms with van der Waals surface area (Å²) in [5, 5.41) is 11.1. The van der Waals surface area contributed by atoms with E-state index in [9.17, 15) is 17.2 Å². The number of benzene rings is 1. The van der Waals surface area contributed by atoms with Crippen LogP contribution in [0.25, 0.3) is 0 Å². The van der Waals surface area contributed by atoms with E-state index in [1.165, 1.54) is 12.1 Å². The first-order valence-electron chi connectivity index (χ1n) is 7.79. The zero-order valence-electron chi connectivity index (χ0n) is 14.7. The third kappa shape index (κ3) is 6.45. The lowest BCUT2D eigenvalue weighted by Crippen LogP contribution is -2.36. The number of thiophene rings is 1. The molecular formula is C16H20F2N4O3S2. The summed E-state index contributed by atoms with van der Waals surface area (Å²) in [7, 11) is -2.16. The van der Waals surface area contributed by atoms with E-state index < -0.39 is 16.6 Å². The molecule has 0 unspecified atom stereocenters. The number of hydrogen-bond donors (Lipinski definition) is 3. The van der Waals surface area contributed by atoms with E-state index in [1.807, 2.05) is 6.92 Å². The van der Waals surface area contributed by atoms with Crippen LogP contribution in [0.15, 0.2) is 39.5 Å². The van der Waals surface area contributed by atoms with Crippen LogP contribution in [0.1, 0.15) is 16.0 Å². The molecule has 0 amide bonds. The highest BCUT2D eigenvalue weighted by Gasteiger charge is 2.12. The van der Waals surface area contributed by atoms with Gasteiger partial charge in [-0.3, -0.25) is 4.99 Å². The minimum atomic E-state index is -3.72. The van der Waals surface area contributed by atoms with Crippen molar-refractivity contribution in [3.05, 3.63) is 46.3 Å². The highest BCUT2D eigenvalue weighted by atomic mass is 32.2. The summed E-state index contributed by atoms with van der Waals surface area (Å²) in [5.74, 6) is 0.514. The van der Waals surface area contributed by atoms with Crippen molar-refractivity contribution in [2.75, 3.05) is 7.05 Å². The second kappa shape index (κ2) is 9.11. The van der Waals surface area contributed by atoms with Gasteiger partial charge >= 0.3 is 6.61 Å². The average molecular weight is 418 g/mol. The predicted octanol–water partition coefficient (Wildman–Crippen LogP) is 2.17. The van der Waals surface area contributed by atoms with Gasteiger partial charge in [0.1, 0.15) is 9.96 Å². The summed E-state index contributed by atoms with van der Waals surface area (Å²) >= 11 is 1.06. The summed E-state index contributed by atoms with van der Waals surface area (Å²) in [6, 6.07) is 8.02. The molecule has 1 heterocycles. The van der Waals surface area contributed by atoms with Gasteiger partial charge in [-0.15, -0.1) is 11.3 Å². The highest BCUT2D eigenvalue weighted by Crippen LogP contribution is 2.22. The quantitative estimate of drug-likeness (QED) is 0.472. The predicted molar refractivity (Wildman–Crippen MR) is 101 cm³/mol. The Bertz CT molecular complexity index is 914. The number of aliphatic imine (C=N–C) groups is 1. The van der Waals surface area contributed by atoms with Crippen molar-refractivity contribution in [3.8, 4) is 5.75 Å². The number of nitrogens with two attached hydrogens (primary N) is 1. The van der Waals surface area contributed by atoms with Crippen molar-refractivity contribution in [2.24, 2.45) is 10.1 Å². The maximum Gasteiger partial charge on any atom is 0.387 e. The van der Waals surface area contributed by atoms with Gasteiger partial charge in [0.05, 0.1) is 6.54 Å². The Balaban J connectivity index is 1.98. The fourth-order valence-corrected chi connectivity index (χ4v) is 3.95. The van der Waals surface area contributed by atoms with Gasteiger partial charge in [0.25, 0.3) is 0 Å². The molecule has 2 aromatic rings. The molecule has 0 saturated carbocycles. The number of nitrogens with zero attached hydrogens (tertiary/aromatic N) is 1. The van der Waals surface area contributed by atoms with E-state index in [0.717, 1.165) is 21.8 Å². The summed E-state index contributed by atoms with van der Waals surface area (Å²) < 4.78 is 52.3. The second-order valence-corrected chi connectivity index (χ2v) is 8.49. The van der Waals surface area contributed by atoms with Crippen LogP contribution in [-0.2, 0) is 23.1 Å². The summed E-state index contributed by atoms with van der Waals surface area (Å²) in [6.45, 7) is -0.511. The largest absolute Gasteiger partial charge is 0.434 e. The molecule has 27 heavy (non-hydrogen) atoms. The summed E-state index contributed by atoms with van der Waals surface area (Å²) in [6.07, 6.45) is 0. The van der Waals surface area contributed by atoms with Crippen LogP contribution in [0.5, 0.6) is 5.75 Å². The Labute approximate surface area is 160 Å². The molecule has 1 aromatic carbocycles. The average Bonchev–Trinajstić information content (AvgIpc) is 3.06. The Morgan fingerprint density at radius 2 is 1.96 bits per heavy atom. The molecular weight excluding hydrogens is 398 g/mol. The number of halogens is 2. The second-order valence-electron chi connectivity index (χ2n) is 5.53. The lowest BCUT2D eigenvalue weighted by Gasteiger charge is -2.15. The molecule has 148 valence electrons. The van der Waals surface area contributed by atoms with Gasteiger partial charge < -0.3 is 15.4 Å². The molecule has 7 nitrogen and oxygen atoms in total. The standard InChI is InChI=1S/C16H20F2N4O3S2/c1-10-3-5-13(25-15(17)18)11(7-10)8-21-16(20-2)22-9-12-4-6-14(26-12)27(19,23)24/h3-7,15H,8-9H2,1-2H3,(H2,19,23,24)(H2,20,21,22). The maximum atomic E-state index is 12.5. The Kier molecular flexibility index (Phi) is 7.11. The molecule has 0 aliphatic heterocycles. The first-order valence-corrected chi connectivity index (χ1v) is 10.2. The Morgan fingerprint density at radius 1 is 1.26 bits per heavy atom. The third-order valence-corrected chi connectivity index (χ3v) is 5.97. The number of nitrogens with one attached hydrogen (secondary N) is 2. The first kappa shape index (κ1) is 21.1. The van der Waals surface area contributed by atoms with Crippen LogP contribution in [0, 0.1) is 6.92 Å². The molecule has 0 saturated heterocycles. The molecule has 1 aromatic heterocycles. The topological polar surface area (TPSA) is 106 Å². The van der Waals surface area contributed by atoms with E-state index in [0.29, 0.717) is 18.1 Å². The number of sulfonamides is 1. The lowest BCUT2D eigenvalue weighted by atomic mass is 10.1. The van der Waals surface area contributed by atoms with Gasteiger partial charge in [0, 0.05) is 24.0 Å². The van der Waals surface area contributed by atoms with Crippen LogP contribution in [-0.4, -0.2) is 28.0 Å². The molecule has 11 heteroatoms. The van der Waals surface area contributed by atoms with Gasteiger partial charge in [0.2, 0.25) is 10.0 Å². The zero-order valence-corrected chi connectivity index (χ0v) is 16.3. The minimum absolute atomic E-state index is 0.0794. The molecule has 0 spiro atoms. The normalized spacial score (nSPS) is 12.3. The number of aryl methyl sites for hydroxylation is 1. The summed E-state index contributed by atoms with van der Waals surface area (Å²) in [5.41, 5.74) is 1.47. The van der Waals surface area contributed by atoms with Crippen LogP contribution >= 0.6 is 11.3 Å². The Hall–Kier alpha value is -2.24. The third-order valence-electron chi connectivity index (χ3n) is 3.45. The van der Waals surface area contributed by atoms with Crippen LogP contribution in [0.2, 0.25) is 0 Å². The van der Waals surface area contributed by atoms with Gasteiger partial charge in [0.15, 0.2) is 5.96 Å².